The average Bonchev–Trinajstić information content (AvgIpc) is 3.14. The highest BCUT2D eigenvalue weighted by molar-refractivity contribution is 7.20. The minimum atomic E-state index is -0.749. The number of hydrogen-bond acceptors (Lipinski definition) is 6. The molecule has 1 aliphatic heterocycles. The Morgan fingerprint density at radius 3 is 2.79 bits per heavy atom. The number of carbonyl (C=O) groups excluding carboxylic acids is 1. The van der Waals surface area contributed by atoms with Crippen molar-refractivity contribution in [1.82, 2.24) is 9.55 Å². The van der Waals surface area contributed by atoms with E-state index in [1.807, 2.05) is 11.0 Å². The van der Waals surface area contributed by atoms with Gasteiger partial charge in [-0.3, -0.25) is 19.0 Å². The van der Waals surface area contributed by atoms with E-state index in [0.717, 1.165) is 22.7 Å². The first-order valence-corrected chi connectivity index (χ1v) is 9.63. The van der Waals surface area contributed by atoms with Gasteiger partial charge in [0.2, 0.25) is 0 Å². The molecule has 0 amide bonds. The van der Waals surface area contributed by atoms with E-state index >= 15 is 0 Å². The molecule has 0 saturated carbocycles. The van der Waals surface area contributed by atoms with Crippen molar-refractivity contribution in [3.05, 3.63) is 86.9 Å². The Kier molecular flexibility index (Phi) is 4.77. The number of thiophene rings is 1. The number of benzene rings is 1. The lowest BCUT2D eigenvalue weighted by Gasteiger charge is -2.32. The van der Waals surface area contributed by atoms with Crippen molar-refractivity contribution in [2.45, 2.75) is 0 Å². The van der Waals surface area contributed by atoms with Gasteiger partial charge in [-0.15, -0.1) is 11.3 Å². The molecule has 0 radical (unpaired) electrons. The third kappa shape index (κ3) is 3.13. The second kappa shape index (κ2) is 7.40. The van der Waals surface area contributed by atoms with Gasteiger partial charge in [-0.25, -0.2) is 0 Å². The Morgan fingerprint density at radius 1 is 1.24 bits per heavy atom. The predicted octanol–water partition coefficient (Wildman–Crippen LogP) is 3.01. The third-order valence-corrected chi connectivity index (χ3v) is 5.55. The van der Waals surface area contributed by atoms with Gasteiger partial charge in [-0.1, -0.05) is 19.2 Å². The van der Waals surface area contributed by atoms with Crippen molar-refractivity contribution >= 4 is 33.7 Å². The molecule has 2 aromatic heterocycles. The Labute approximate surface area is 169 Å². The van der Waals surface area contributed by atoms with E-state index in [0.29, 0.717) is 46.1 Å². The summed E-state index contributed by atoms with van der Waals surface area (Å²) in [5.74, 6) is 0.657. The van der Waals surface area contributed by atoms with Crippen LogP contribution in [-0.2, 0) is 0 Å². The molecule has 0 unspecified atom stereocenters. The topological polar surface area (TPSA) is 84.4 Å². The fourth-order valence-corrected chi connectivity index (χ4v) is 4.19. The van der Waals surface area contributed by atoms with E-state index in [2.05, 4.69) is 18.1 Å². The van der Waals surface area contributed by atoms with Crippen molar-refractivity contribution in [2.24, 2.45) is 0 Å². The molecule has 0 atom stereocenters. The average molecular weight is 407 g/mol. The number of rotatable bonds is 5. The van der Waals surface area contributed by atoms with Crippen LogP contribution < -0.4 is 20.8 Å². The molecule has 3 aromatic rings. The van der Waals surface area contributed by atoms with E-state index in [1.165, 1.54) is 4.57 Å². The summed E-state index contributed by atoms with van der Waals surface area (Å²) in [5, 5.41) is 0. The lowest BCUT2D eigenvalue weighted by atomic mass is 10.1. The summed E-state index contributed by atoms with van der Waals surface area (Å²) in [7, 11) is 0. The summed E-state index contributed by atoms with van der Waals surface area (Å²) < 4.78 is 7.07. The molecule has 0 bridgehead atoms. The summed E-state index contributed by atoms with van der Waals surface area (Å²) in [4.78, 5) is 41.5. The Balaban J connectivity index is 1.97. The van der Waals surface area contributed by atoms with Gasteiger partial charge < -0.3 is 14.6 Å². The first-order chi connectivity index (χ1) is 14.1. The van der Waals surface area contributed by atoms with Crippen LogP contribution in [0, 0.1) is 0 Å². The number of carbonyl (C=O) groups is 1. The molecule has 1 N–H and O–H groups in total. The number of allylic oxidation sites excluding steroid dienone is 3. The highest BCUT2D eigenvalue weighted by Gasteiger charge is 2.22. The molecule has 4 rings (SSSR count). The SMILES string of the molecule is C=C/C=C(\C=C)N1CCOc2ccc(-n3c(=O)c(=O)[nH]c4sc(C=O)cc43)cc21. The Morgan fingerprint density at radius 2 is 2.07 bits per heavy atom. The second-order valence-corrected chi connectivity index (χ2v) is 7.34. The standard InChI is InChI=1S/C21H17N3O4S/c1-3-5-13(4-2)23-8-9-28-18-7-6-14(10-16(18)23)24-17-11-15(12-25)29-20(17)22-19(26)21(24)27/h3-7,10-12H,1-2,8-9H2,(H,22,26)/b13-5+. The minimum Gasteiger partial charge on any atom is -0.490 e. The smallest absolute Gasteiger partial charge is 0.321 e. The minimum absolute atomic E-state index is 0.417. The molecule has 29 heavy (non-hydrogen) atoms. The predicted molar refractivity (Wildman–Crippen MR) is 115 cm³/mol. The Bertz CT molecular complexity index is 1300. The van der Waals surface area contributed by atoms with Gasteiger partial charge in [0.05, 0.1) is 28.3 Å². The van der Waals surface area contributed by atoms with Gasteiger partial charge in [0.15, 0.2) is 6.29 Å². The number of H-pyrrole nitrogens is 1. The van der Waals surface area contributed by atoms with Crippen LogP contribution in [0.25, 0.3) is 16.0 Å². The summed E-state index contributed by atoms with van der Waals surface area (Å²) in [6.45, 7) is 8.68. The third-order valence-electron chi connectivity index (χ3n) is 4.59. The van der Waals surface area contributed by atoms with Gasteiger partial charge in [0.25, 0.3) is 0 Å². The van der Waals surface area contributed by atoms with Gasteiger partial charge in [-0.05, 0) is 36.4 Å². The molecule has 0 spiro atoms. The lowest BCUT2D eigenvalue weighted by molar-refractivity contribution is 0.112. The fraction of sp³-hybridized carbons (Fsp3) is 0.0952. The zero-order valence-electron chi connectivity index (χ0n) is 15.4. The van der Waals surface area contributed by atoms with E-state index in [-0.39, 0.29) is 0 Å². The normalized spacial score (nSPS) is 13.7. The molecule has 0 saturated heterocycles. The molecule has 8 heteroatoms. The number of aldehydes is 1. The van der Waals surface area contributed by atoms with E-state index < -0.39 is 11.1 Å². The number of anilines is 1. The number of aromatic nitrogens is 2. The van der Waals surface area contributed by atoms with Crippen molar-refractivity contribution in [3.63, 3.8) is 0 Å². The number of nitrogens with zero attached hydrogens (tertiary/aromatic N) is 2. The summed E-state index contributed by atoms with van der Waals surface area (Å²) in [6, 6.07) is 6.85. The van der Waals surface area contributed by atoms with Crippen LogP contribution in [-0.4, -0.2) is 29.0 Å². The van der Waals surface area contributed by atoms with Crippen molar-refractivity contribution < 1.29 is 9.53 Å². The summed E-state index contributed by atoms with van der Waals surface area (Å²) in [5.41, 5.74) is 1.08. The van der Waals surface area contributed by atoms with Crippen LogP contribution in [0.3, 0.4) is 0 Å². The van der Waals surface area contributed by atoms with Crippen LogP contribution in [0.15, 0.2) is 70.9 Å². The summed E-state index contributed by atoms with van der Waals surface area (Å²) >= 11 is 1.12. The number of ether oxygens (including phenoxy) is 1. The molecule has 1 aromatic carbocycles. The number of aromatic amines is 1. The van der Waals surface area contributed by atoms with Gasteiger partial charge in [0.1, 0.15) is 17.2 Å². The monoisotopic (exact) mass is 407 g/mol. The van der Waals surface area contributed by atoms with Crippen LogP contribution in [0.4, 0.5) is 5.69 Å². The maximum absolute atomic E-state index is 12.7. The second-order valence-electron chi connectivity index (χ2n) is 6.26. The maximum atomic E-state index is 12.7. The highest BCUT2D eigenvalue weighted by Crippen LogP contribution is 2.36. The molecule has 3 heterocycles. The lowest BCUT2D eigenvalue weighted by Crippen LogP contribution is -2.35. The largest absolute Gasteiger partial charge is 0.490 e. The highest BCUT2D eigenvalue weighted by atomic mass is 32.1. The molecule has 0 aliphatic carbocycles. The molecule has 7 nitrogen and oxygen atoms in total. The van der Waals surface area contributed by atoms with Crippen LogP contribution in [0.2, 0.25) is 0 Å². The zero-order chi connectivity index (χ0) is 20.5. The van der Waals surface area contributed by atoms with Crippen LogP contribution in [0.1, 0.15) is 9.67 Å². The number of hydrogen-bond donors (Lipinski definition) is 1. The molecule has 0 fully saturated rings. The molecular weight excluding hydrogens is 390 g/mol. The van der Waals surface area contributed by atoms with Gasteiger partial charge >= 0.3 is 11.1 Å². The van der Waals surface area contributed by atoms with Crippen LogP contribution >= 0.6 is 11.3 Å². The molecule has 1 aliphatic rings. The maximum Gasteiger partial charge on any atom is 0.321 e. The molecular formula is C21H17N3O4S. The van der Waals surface area contributed by atoms with Crippen LogP contribution in [0.5, 0.6) is 5.75 Å². The number of nitrogens with one attached hydrogen (secondary N) is 1. The van der Waals surface area contributed by atoms with Crippen molar-refractivity contribution in [1.29, 1.82) is 0 Å². The quantitative estimate of drug-likeness (QED) is 0.399. The van der Waals surface area contributed by atoms with E-state index in [1.54, 1.807) is 36.4 Å². The van der Waals surface area contributed by atoms with Gasteiger partial charge in [0, 0.05) is 5.70 Å². The Hall–Kier alpha value is -3.65. The fourth-order valence-electron chi connectivity index (χ4n) is 3.34. The number of fused-ring (bicyclic) bond motifs is 2. The zero-order valence-corrected chi connectivity index (χ0v) is 16.2. The summed E-state index contributed by atoms with van der Waals surface area (Å²) in [6.07, 6.45) is 5.92. The first kappa shape index (κ1) is 18.7. The van der Waals surface area contributed by atoms with Gasteiger partial charge in [-0.2, -0.15) is 0 Å². The van der Waals surface area contributed by atoms with Crippen molar-refractivity contribution in [2.75, 3.05) is 18.1 Å². The first-order valence-electron chi connectivity index (χ1n) is 8.81. The van der Waals surface area contributed by atoms with E-state index in [4.69, 9.17) is 4.74 Å². The van der Waals surface area contributed by atoms with Crippen molar-refractivity contribution in [3.8, 4) is 11.4 Å². The van der Waals surface area contributed by atoms with E-state index in [9.17, 15) is 14.4 Å². The molecule has 146 valence electrons.